The Morgan fingerprint density at radius 1 is 1.20 bits per heavy atom. The normalized spacial score (nSPS) is 12.2. The molecule has 2 rings (SSSR count). The van der Waals surface area contributed by atoms with Crippen molar-refractivity contribution >= 4 is 29.9 Å². The van der Waals surface area contributed by atoms with Crippen LogP contribution in [-0.2, 0) is 15.2 Å². The van der Waals surface area contributed by atoms with Gasteiger partial charge in [0.15, 0.2) is 8.38 Å². The number of fused-ring (bicyclic) bond motifs is 1. The zero-order valence-corrected chi connectivity index (χ0v) is 14.4. The second-order valence-electron chi connectivity index (χ2n) is 5.31. The van der Waals surface area contributed by atoms with Crippen LogP contribution in [0.25, 0.3) is 10.2 Å². The molecule has 0 N–H and O–H groups in total. The van der Waals surface area contributed by atoms with E-state index < -0.39 is 8.38 Å². The van der Waals surface area contributed by atoms with Crippen molar-refractivity contribution in [3.8, 4) is 0 Å². The van der Waals surface area contributed by atoms with Gasteiger partial charge in [-0.25, -0.2) is 4.98 Å². The lowest BCUT2D eigenvalue weighted by molar-refractivity contribution is 0.177. The van der Waals surface area contributed by atoms with Crippen LogP contribution in [-0.4, -0.2) is 17.2 Å². The molecule has 3 nitrogen and oxygen atoms in total. The predicted octanol–water partition coefficient (Wildman–Crippen LogP) is 5.27. The maximum absolute atomic E-state index is 5.94. The number of nitrogens with zero attached hydrogens (tertiary/aromatic N) is 1. The van der Waals surface area contributed by atoms with Crippen LogP contribution in [0.5, 0.6) is 0 Å². The Morgan fingerprint density at radius 2 is 1.85 bits per heavy atom. The first-order valence-electron chi connectivity index (χ1n) is 6.91. The summed E-state index contributed by atoms with van der Waals surface area (Å²) >= 11 is 1.75. The van der Waals surface area contributed by atoms with Crippen molar-refractivity contribution in [1.29, 1.82) is 0 Å². The summed E-state index contributed by atoms with van der Waals surface area (Å²) in [5.74, 6) is 0. The van der Waals surface area contributed by atoms with Gasteiger partial charge in [-0.2, -0.15) is 0 Å². The van der Waals surface area contributed by atoms with Gasteiger partial charge in [0.2, 0.25) is 0 Å². The molecule has 0 unspecified atom stereocenters. The standard InChI is InChI=1S/C15H22NO2PS/c1-10(2)17-19(18-11(3)4)9-14-12(5)13-7-6-8-16-15(13)20-14/h6-8,10-11H,9H2,1-5H3. The fourth-order valence-corrected chi connectivity index (χ4v) is 5.07. The summed E-state index contributed by atoms with van der Waals surface area (Å²) in [6.07, 6.45) is 3.07. The average molecular weight is 311 g/mol. The van der Waals surface area contributed by atoms with E-state index in [2.05, 4.69) is 45.7 Å². The lowest BCUT2D eigenvalue weighted by Crippen LogP contribution is -2.05. The highest BCUT2D eigenvalue weighted by Crippen LogP contribution is 2.47. The zero-order valence-electron chi connectivity index (χ0n) is 12.7. The smallest absolute Gasteiger partial charge is 0.176 e. The monoisotopic (exact) mass is 311 g/mol. The largest absolute Gasteiger partial charge is 0.331 e. The van der Waals surface area contributed by atoms with Crippen LogP contribution in [0.4, 0.5) is 0 Å². The molecule has 0 aliphatic heterocycles. The molecule has 0 aromatic carbocycles. The van der Waals surface area contributed by atoms with Gasteiger partial charge in [-0.1, -0.05) is 6.07 Å². The van der Waals surface area contributed by atoms with E-state index >= 15 is 0 Å². The van der Waals surface area contributed by atoms with Gasteiger partial charge in [0.05, 0.1) is 18.4 Å². The van der Waals surface area contributed by atoms with E-state index in [1.54, 1.807) is 11.3 Å². The van der Waals surface area contributed by atoms with Crippen molar-refractivity contribution in [2.75, 3.05) is 0 Å². The SMILES string of the molecule is Cc1c(CP(OC(C)C)OC(C)C)sc2ncccc12. The molecule has 0 radical (unpaired) electrons. The number of rotatable bonds is 6. The van der Waals surface area contributed by atoms with Gasteiger partial charge < -0.3 is 9.05 Å². The molecule has 0 bridgehead atoms. The molecule has 2 aromatic rings. The molecule has 0 aliphatic rings. The Morgan fingerprint density at radius 3 is 2.40 bits per heavy atom. The van der Waals surface area contributed by atoms with E-state index in [1.807, 2.05) is 12.3 Å². The fourth-order valence-electron chi connectivity index (χ4n) is 1.94. The molecule has 110 valence electrons. The van der Waals surface area contributed by atoms with Crippen molar-refractivity contribution < 1.29 is 9.05 Å². The third-order valence-electron chi connectivity index (χ3n) is 2.74. The van der Waals surface area contributed by atoms with Crippen LogP contribution in [0.1, 0.15) is 38.1 Å². The van der Waals surface area contributed by atoms with Crippen molar-refractivity contribution in [3.63, 3.8) is 0 Å². The highest BCUT2D eigenvalue weighted by atomic mass is 32.1. The van der Waals surface area contributed by atoms with Crippen LogP contribution in [0.3, 0.4) is 0 Å². The first-order chi connectivity index (χ1) is 9.47. The first-order valence-corrected chi connectivity index (χ1v) is 9.09. The molecule has 0 fully saturated rings. The maximum atomic E-state index is 5.94. The number of aromatic nitrogens is 1. The molecule has 5 heteroatoms. The molecule has 0 atom stereocenters. The van der Waals surface area contributed by atoms with Crippen LogP contribution < -0.4 is 0 Å². The van der Waals surface area contributed by atoms with Crippen LogP contribution in [0, 0.1) is 6.92 Å². The Balaban J connectivity index is 2.21. The summed E-state index contributed by atoms with van der Waals surface area (Å²) in [7, 11) is -0.886. The Kier molecular flexibility index (Phi) is 5.50. The topological polar surface area (TPSA) is 31.4 Å². The minimum atomic E-state index is -0.886. The Bertz CT molecular complexity index is 558. The molecule has 20 heavy (non-hydrogen) atoms. The van der Waals surface area contributed by atoms with E-state index in [0.717, 1.165) is 11.0 Å². The molecule has 0 saturated heterocycles. The van der Waals surface area contributed by atoms with Gasteiger partial charge in [-0.3, -0.25) is 0 Å². The van der Waals surface area contributed by atoms with E-state index in [9.17, 15) is 0 Å². The third kappa shape index (κ3) is 3.98. The van der Waals surface area contributed by atoms with Crippen LogP contribution in [0.15, 0.2) is 18.3 Å². The van der Waals surface area contributed by atoms with Crippen molar-refractivity contribution in [2.24, 2.45) is 0 Å². The molecule has 2 aromatic heterocycles. The minimum Gasteiger partial charge on any atom is -0.331 e. The molecule has 0 spiro atoms. The lowest BCUT2D eigenvalue weighted by Gasteiger charge is -2.21. The van der Waals surface area contributed by atoms with Gasteiger partial charge in [-0.15, -0.1) is 11.3 Å². The number of thiophene rings is 1. The highest BCUT2D eigenvalue weighted by molar-refractivity contribution is 7.47. The molecule has 0 aliphatic carbocycles. The van der Waals surface area contributed by atoms with Gasteiger partial charge in [-0.05, 0) is 46.2 Å². The second kappa shape index (κ2) is 6.95. The molecular formula is C15H22NO2PS. The van der Waals surface area contributed by atoms with Crippen molar-refractivity contribution in [3.05, 3.63) is 28.8 Å². The summed E-state index contributed by atoms with van der Waals surface area (Å²) in [6, 6.07) is 4.12. The highest BCUT2D eigenvalue weighted by Gasteiger charge is 2.19. The molecular weight excluding hydrogens is 289 g/mol. The van der Waals surface area contributed by atoms with E-state index in [-0.39, 0.29) is 12.2 Å². The number of aryl methyl sites for hydroxylation is 1. The van der Waals surface area contributed by atoms with Crippen LogP contribution in [0.2, 0.25) is 0 Å². The number of pyridine rings is 1. The summed E-state index contributed by atoms with van der Waals surface area (Å²) in [5, 5.41) is 1.25. The Labute approximate surface area is 126 Å². The predicted molar refractivity (Wildman–Crippen MR) is 87.4 cm³/mol. The van der Waals surface area contributed by atoms with E-state index in [0.29, 0.717) is 0 Å². The van der Waals surface area contributed by atoms with Crippen LogP contribution >= 0.6 is 19.7 Å². The molecule has 0 amide bonds. The third-order valence-corrected chi connectivity index (χ3v) is 6.06. The van der Waals surface area contributed by atoms with Gasteiger partial charge in [0, 0.05) is 16.5 Å². The van der Waals surface area contributed by atoms with E-state index in [4.69, 9.17) is 9.05 Å². The fraction of sp³-hybridized carbons (Fsp3) is 0.533. The van der Waals surface area contributed by atoms with Gasteiger partial charge >= 0.3 is 0 Å². The first kappa shape index (κ1) is 15.8. The maximum Gasteiger partial charge on any atom is 0.176 e. The second-order valence-corrected chi connectivity index (χ2v) is 7.79. The Hall–Kier alpha value is -0.540. The van der Waals surface area contributed by atoms with E-state index in [1.165, 1.54) is 15.8 Å². The average Bonchev–Trinajstić information content (AvgIpc) is 2.65. The molecule has 2 heterocycles. The molecule has 0 saturated carbocycles. The van der Waals surface area contributed by atoms with Crippen molar-refractivity contribution in [2.45, 2.75) is 53.0 Å². The minimum absolute atomic E-state index is 0.188. The number of hydrogen-bond acceptors (Lipinski definition) is 4. The van der Waals surface area contributed by atoms with Gasteiger partial charge in [0.25, 0.3) is 0 Å². The van der Waals surface area contributed by atoms with Gasteiger partial charge in [0.1, 0.15) is 4.83 Å². The summed E-state index contributed by atoms with van der Waals surface area (Å²) < 4.78 is 11.9. The summed E-state index contributed by atoms with van der Waals surface area (Å²) in [4.78, 5) is 6.86. The van der Waals surface area contributed by atoms with Crippen molar-refractivity contribution in [1.82, 2.24) is 4.98 Å². The number of hydrogen-bond donors (Lipinski definition) is 0. The summed E-state index contributed by atoms with van der Waals surface area (Å²) in [5.41, 5.74) is 1.31. The lowest BCUT2D eigenvalue weighted by atomic mass is 10.2. The zero-order chi connectivity index (χ0) is 14.7. The quantitative estimate of drug-likeness (QED) is 0.681. The summed E-state index contributed by atoms with van der Waals surface area (Å²) in [6.45, 7) is 10.4.